The lowest BCUT2D eigenvalue weighted by atomic mass is 9.78. The second kappa shape index (κ2) is 7.81. The first-order valence-corrected chi connectivity index (χ1v) is 8.18. The number of aromatic nitrogens is 2. The van der Waals surface area contributed by atoms with Gasteiger partial charge in [0.15, 0.2) is 5.82 Å². The van der Waals surface area contributed by atoms with E-state index in [0.29, 0.717) is 25.9 Å². The van der Waals surface area contributed by atoms with Crippen molar-refractivity contribution in [1.29, 1.82) is 5.26 Å². The number of nitrogens with zero attached hydrogens (tertiary/aromatic N) is 3. The number of carbonyl (C=O) groups excluding carboxylic acids is 2. The lowest BCUT2D eigenvalue weighted by molar-refractivity contribution is -0.150. The Morgan fingerprint density at radius 2 is 2.25 bits per heavy atom. The Kier molecular flexibility index (Phi) is 5.79. The van der Waals surface area contributed by atoms with Crippen molar-refractivity contribution in [3.63, 3.8) is 0 Å². The third kappa shape index (κ3) is 3.85. The smallest absolute Gasteiger partial charge is 0.308 e. The fourth-order valence-electron chi connectivity index (χ4n) is 3.02. The van der Waals surface area contributed by atoms with Gasteiger partial charge < -0.3 is 16.2 Å². The third-order valence-corrected chi connectivity index (χ3v) is 4.42. The van der Waals surface area contributed by atoms with Crippen molar-refractivity contribution in [1.82, 2.24) is 9.78 Å². The molecular formula is C16H23N5O3. The van der Waals surface area contributed by atoms with Crippen LogP contribution in [0.5, 0.6) is 0 Å². The average molecular weight is 333 g/mol. The number of anilines is 1. The topological polar surface area (TPSA) is 137 Å². The van der Waals surface area contributed by atoms with E-state index < -0.39 is 11.8 Å². The van der Waals surface area contributed by atoms with E-state index in [0.717, 1.165) is 12.8 Å². The summed E-state index contributed by atoms with van der Waals surface area (Å²) in [4.78, 5) is 23.4. The molecule has 1 aliphatic carbocycles. The van der Waals surface area contributed by atoms with Crippen LogP contribution in [0.3, 0.4) is 0 Å². The minimum atomic E-state index is -0.652. The molecule has 1 aromatic heterocycles. The number of carbonyl (C=O) groups is 2. The summed E-state index contributed by atoms with van der Waals surface area (Å²) in [5, 5.41) is 13.6. The Bertz CT molecular complexity index is 649. The lowest BCUT2D eigenvalue weighted by Crippen LogP contribution is -2.31. The maximum Gasteiger partial charge on any atom is 0.308 e. The quantitative estimate of drug-likeness (QED) is 0.596. The molecule has 0 aromatic carbocycles. The Morgan fingerprint density at radius 3 is 2.83 bits per heavy atom. The SMILES string of the molecule is CCCCOC(=O)C1CCC(n2cc(C(N)=O)c(N)n2)C(C#N)C1. The summed E-state index contributed by atoms with van der Waals surface area (Å²) >= 11 is 0. The minimum absolute atomic E-state index is 0.0558. The lowest BCUT2D eigenvalue weighted by Gasteiger charge is -2.31. The molecule has 0 spiro atoms. The van der Waals surface area contributed by atoms with E-state index in [4.69, 9.17) is 16.2 Å². The van der Waals surface area contributed by atoms with Crippen LogP contribution in [0, 0.1) is 23.2 Å². The summed E-state index contributed by atoms with van der Waals surface area (Å²) in [7, 11) is 0. The van der Waals surface area contributed by atoms with Gasteiger partial charge in [-0.15, -0.1) is 0 Å². The van der Waals surface area contributed by atoms with Gasteiger partial charge in [0.1, 0.15) is 5.56 Å². The Balaban J connectivity index is 2.05. The van der Waals surface area contributed by atoms with Gasteiger partial charge in [0.25, 0.3) is 5.91 Å². The van der Waals surface area contributed by atoms with Crippen molar-refractivity contribution in [2.75, 3.05) is 12.3 Å². The van der Waals surface area contributed by atoms with Crippen molar-refractivity contribution in [2.45, 2.75) is 45.1 Å². The number of esters is 1. The molecule has 8 nitrogen and oxygen atoms in total. The van der Waals surface area contributed by atoms with E-state index in [2.05, 4.69) is 11.2 Å². The highest BCUT2D eigenvalue weighted by molar-refractivity contribution is 5.96. The molecule has 0 saturated heterocycles. The van der Waals surface area contributed by atoms with Crippen molar-refractivity contribution < 1.29 is 14.3 Å². The number of amides is 1. The highest BCUT2D eigenvalue weighted by Crippen LogP contribution is 2.37. The second-order valence-corrected chi connectivity index (χ2v) is 6.11. The number of primary amides is 1. The second-order valence-electron chi connectivity index (χ2n) is 6.11. The van der Waals surface area contributed by atoms with Crippen LogP contribution in [0.25, 0.3) is 0 Å². The van der Waals surface area contributed by atoms with Crippen LogP contribution in [0.1, 0.15) is 55.4 Å². The van der Waals surface area contributed by atoms with Gasteiger partial charge in [-0.3, -0.25) is 14.3 Å². The molecule has 3 unspecified atom stereocenters. The summed E-state index contributed by atoms with van der Waals surface area (Å²) in [6, 6.07) is 2.01. The molecule has 1 fully saturated rings. The number of rotatable bonds is 6. The van der Waals surface area contributed by atoms with Crippen molar-refractivity contribution in [3.8, 4) is 6.07 Å². The van der Waals surface area contributed by atoms with Crippen LogP contribution >= 0.6 is 0 Å². The van der Waals surface area contributed by atoms with E-state index in [9.17, 15) is 14.9 Å². The number of nitrogen functional groups attached to an aromatic ring is 1. The number of hydrogen-bond acceptors (Lipinski definition) is 6. The zero-order valence-electron chi connectivity index (χ0n) is 13.8. The Morgan fingerprint density at radius 1 is 1.50 bits per heavy atom. The predicted molar refractivity (Wildman–Crippen MR) is 86.5 cm³/mol. The summed E-state index contributed by atoms with van der Waals surface area (Å²) in [6.45, 7) is 2.45. The number of unbranched alkanes of at least 4 members (excludes halogenated alkanes) is 1. The van der Waals surface area contributed by atoms with Gasteiger partial charge in [-0.25, -0.2) is 0 Å². The van der Waals surface area contributed by atoms with Crippen LogP contribution in [-0.2, 0) is 9.53 Å². The molecule has 0 bridgehead atoms. The maximum absolute atomic E-state index is 12.1. The van der Waals surface area contributed by atoms with Crippen LogP contribution in [-0.4, -0.2) is 28.3 Å². The van der Waals surface area contributed by atoms with Crippen LogP contribution in [0.2, 0.25) is 0 Å². The highest BCUT2D eigenvalue weighted by atomic mass is 16.5. The number of ether oxygens (including phenoxy) is 1. The van der Waals surface area contributed by atoms with Gasteiger partial charge in [0.2, 0.25) is 0 Å². The normalized spacial score (nSPS) is 23.4. The standard InChI is InChI=1S/C16H23N5O3/c1-2-3-6-24-16(23)10-4-5-13(11(7-10)8-17)21-9-12(15(19)22)14(18)20-21/h9-11,13H,2-7H2,1H3,(H2,18,20)(H2,19,22). The summed E-state index contributed by atoms with van der Waals surface area (Å²) in [5.41, 5.74) is 11.1. The maximum atomic E-state index is 12.1. The molecule has 3 atom stereocenters. The molecule has 130 valence electrons. The molecule has 0 aliphatic heterocycles. The van der Waals surface area contributed by atoms with E-state index in [-0.39, 0.29) is 29.3 Å². The molecule has 1 saturated carbocycles. The first kappa shape index (κ1) is 17.8. The van der Waals surface area contributed by atoms with Crippen LogP contribution < -0.4 is 11.5 Å². The monoisotopic (exact) mass is 333 g/mol. The Hall–Kier alpha value is -2.56. The van der Waals surface area contributed by atoms with Crippen LogP contribution in [0.15, 0.2) is 6.20 Å². The van der Waals surface area contributed by atoms with Gasteiger partial charge in [-0.1, -0.05) is 13.3 Å². The minimum Gasteiger partial charge on any atom is -0.465 e. The molecule has 1 aliphatic rings. The molecular weight excluding hydrogens is 310 g/mol. The van der Waals surface area contributed by atoms with Gasteiger partial charge in [-0.2, -0.15) is 10.4 Å². The summed E-state index contributed by atoms with van der Waals surface area (Å²) in [6.07, 6.45) is 4.89. The molecule has 24 heavy (non-hydrogen) atoms. The van der Waals surface area contributed by atoms with Gasteiger partial charge in [0, 0.05) is 6.20 Å². The van der Waals surface area contributed by atoms with Crippen molar-refractivity contribution >= 4 is 17.7 Å². The van der Waals surface area contributed by atoms with E-state index in [1.54, 1.807) is 0 Å². The van der Waals surface area contributed by atoms with Gasteiger partial charge in [-0.05, 0) is 25.7 Å². The molecule has 1 heterocycles. The van der Waals surface area contributed by atoms with Gasteiger partial charge in [0.05, 0.1) is 30.6 Å². The number of nitriles is 1. The van der Waals surface area contributed by atoms with Crippen LogP contribution in [0.4, 0.5) is 5.82 Å². The van der Waals surface area contributed by atoms with E-state index >= 15 is 0 Å². The fraction of sp³-hybridized carbons (Fsp3) is 0.625. The zero-order valence-corrected chi connectivity index (χ0v) is 13.8. The van der Waals surface area contributed by atoms with Crippen molar-refractivity contribution in [2.24, 2.45) is 17.6 Å². The largest absolute Gasteiger partial charge is 0.465 e. The molecule has 2 rings (SSSR count). The van der Waals surface area contributed by atoms with Gasteiger partial charge >= 0.3 is 5.97 Å². The molecule has 0 radical (unpaired) electrons. The fourth-order valence-corrected chi connectivity index (χ4v) is 3.02. The number of nitrogens with two attached hydrogens (primary N) is 2. The van der Waals surface area contributed by atoms with E-state index in [1.807, 2.05) is 6.92 Å². The average Bonchev–Trinajstić information content (AvgIpc) is 2.96. The third-order valence-electron chi connectivity index (χ3n) is 4.42. The van der Waals surface area contributed by atoms with Crippen molar-refractivity contribution in [3.05, 3.63) is 11.8 Å². The Labute approximate surface area is 140 Å². The molecule has 1 amide bonds. The first-order valence-electron chi connectivity index (χ1n) is 8.18. The molecule has 8 heteroatoms. The molecule has 4 N–H and O–H groups in total. The summed E-state index contributed by atoms with van der Waals surface area (Å²) < 4.78 is 6.79. The highest BCUT2D eigenvalue weighted by Gasteiger charge is 2.36. The summed E-state index contributed by atoms with van der Waals surface area (Å²) in [5.74, 6) is -1.51. The predicted octanol–water partition coefficient (Wildman–Crippen LogP) is 1.39. The first-order chi connectivity index (χ1) is 11.5. The molecule has 1 aromatic rings. The van der Waals surface area contributed by atoms with E-state index in [1.165, 1.54) is 10.9 Å². The zero-order chi connectivity index (χ0) is 17.7. The number of hydrogen-bond donors (Lipinski definition) is 2.